The van der Waals surface area contributed by atoms with Gasteiger partial charge in [-0.05, 0) is 37.1 Å². The molecule has 0 unspecified atom stereocenters. The second-order valence-corrected chi connectivity index (χ2v) is 8.35. The average molecular weight is 413 g/mol. The van der Waals surface area contributed by atoms with Crippen LogP contribution < -0.4 is 10.1 Å². The van der Waals surface area contributed by atoms with Crippen LogP contribution in [-0.4, -0.2) is 29.8 Å². The van der Waals surface area contributed by atoms with Gasteiger partial charge in [-0.25, -0.2) is 13.2 Å². The number of hydrogen-bond acceptors (Lipinski definition) is 7. The van der Waals surface area contributed by atoms with Gasteiger partial charge in [0, 0.05) is 12.1 Å². The topological polar surface area (TPSA) is 136 Å². The Bertz CT molecular complexity index is 1020. The lowest BCUT2D eigenvalue weighted by atomic mass is 10.3. The third-order valence-corrected chi connectivity index (χ3v) is 6.58. The summed E-state index contributed by atoms with van der Waals surface area (Å²) in [5, 5.41) is 22.4. The Kier molecular flexibility index (Phi) is 4.94. The summed E-state index contributed by atoms with van der Waals surface area (Å²) < 4.78 is 29.8. The van der Waals surface area contributed by atoms with Crippen LogP contribution in [0, 0.1) is 10.1 Å². The molecule has 1 fully saturated rings. The van der Waals surface area contributed by atoms with E-state index in [1.54, 1.807) is 0 Å². The summed E-state index contributed by atoms with van der Waals surface area (Å²) >= 11 is 5.93. The van der Waals surface area contributed by atoms with Gasteiger partial charge < -0.3 is 9.84 Å². The molecule has 11 heteroatoms. The normalized spacial score (nSPS) is 13.8. The molecule has 1 amide bonds. The van der Waals surface area contributed by atoms with Gasteiger partial charge in [-0.2, -0.15) is 0 Å². The third-order valence-electron chi connectivity index (χ3n) is 3.83. The van der Waals surface area contributed by atoms with E-state index in [4.69, 9.17) is 16.3 Å². The van der Waals surface area contributed by atoms with Crippen LogP contribution in [-0.2, 0) is 9.84 Å². The standard InChI is InChI=1S/C16H13ClN2O7S/c17-12-7-8-13(14(20)15(12)27(24,25)11-5-6-11)18-16(21)26-10-3-1-9(2-4-10)19(22)23/h1-4,7-8,11,20H,5-6H2,(H,18,21). The van der Waals surface area contributed by atoms with Gasteiger partial charge in [0.2, 0.25) is 0 Å². The molecule has 2 aromatic rings. The Morgan fingerprint density at radius 1 is 1.22 bits per heavy atom. The number of rotatable bonds is 5. The smallest absolute Gasteiger partial charge is 0.417 e. The minimum Gasteiger partial charge on any atom is -0.504 e. The summed E-state index contributed by atoms with van der Waals surface area (Å²) in [7, 11) is -3.80. The van der Waals surface area contributed by atoms with Crippen LogP contribution in [0.25, 0.3) is 0 Å². The molecule has 0 spiro atoms. The van der Waals surface area contributed by atoms with Gasteiger partial charge in [0.15, 0.2) is 15.6 Å². The number of nitro groups is 1. The van der Waals surface area contributed by atoms with E-state index in [9.17, 15) is 28.4 Å². The number of carbonyl (C=O) groups is 1. The minimum absolute atomic E-state index is 0.0254. The Morgan fingerprint density at radius 3 is 2.41 bits per heavy atom. The number of amides is 1. The molecule has 0 aromatic heterocycles. The maximum absolute atomic E-state index is 12.4. The number of phenolic OH excluding ortho intramolecular Hbond substituents is 1. The van der Waals surface area contributed by atoms with Gasteiger partial charge in [-0.1, -0.05) is 11.6 Å². The number of sulfone groups is 1. The fraction of sp³-hybridized carbons (Fsp3) is 0.188. The Morgan fingerprint density at radius 2 is 1.85 bits per heavy atom. The van der Waals surface area contributed by atoms with Crippen molar-refractivity contribution in [1.29, 1.82) is 0 Å². The number of carbonyl (C=O) groups excluding carboxylic acids is 1. The van der Waals surface area contributed by atoms with Gasteiger partial charge in [0.25, 0.3) is 5.69 Å². The predicted molar refractivity (Wildman–Crippen MR) is 96.1 cm³/mol. The zero-order chi connectivity index (χ0) is 19.8. The maximum atomic E-state index is 12.4. The van der Waals surface area contributed by atoms with Crippen molar-refractivity contribution in [3.8, 4) is 11.5 Å². The van der Waals surface area contributed by atoms with E-state index in [2.05, 4.69) is 5.32 Å². The van der Waals surface area contributed by atoms with Crippen LogP contribution in [0.4, 0.5) is 16.2 Å². The number of nitro benzene ring substituents is 1. The molecule has 1 saturated carbocycles. The number of phenols is 1. The van der Waals surface area contributed by atoms with Gasteiger partial charge in [-0.3, -0.25) is 15.4 Å². The van der Waals surface area contributed by atoms with Gasteiger partial charge in [0.05, 0.1) is 20.9 Å². The summed E-state index contributed by atoms with van der Waals surface area (Å²) in [5.41, 5.74) is -0.362. The first-order chi connectivity index (χ1) is 12.7. The number of ether oxygens (including phenoxy) is 1. The van der Waals surface area contributed by atoms with Crippen LogP contribution in [0.2, 0.25) is 5.02 Å². The first-order valence-corrected chi connectivity index (χ1v) is 9.61. The van der Waals surface area contributed by atoms with Crippen molar-refractivity contribution in [2.24, 2.45) is 0 Å². The molecule has 2 N–H and O–H groups in total. The zero-order valence-corrected chi connectivity index (χ0v) is 15.2. The molecule has 1 aliphatic carbocycles. The second kappa shape index (κ2) is 7.05. The number of non-ortho nitro benzene ring substituents is 1. The zero-order valence-electron chi connectivity index (χ0n) is 13.6. The highest BCUT2D eigenvalue weighted by molar-refractivity contribution is 7.92. The summed E-state index contributed by atoms with van der Waals surface area (Å²) in [6, 6.07) is 7.24. The number of anilines is 1. The molecule has 0 saturated heterocycles. The molecule has 2 aromatic carbocycles. The summed E-state index contributed by atoms with van der Waals surface area (Å²) in [6.45, 7) is 0. The molecule has 0 radical (unpaired) electrons. The van der Waals surface area contributed by atoms with E-state index < -0.39 is 36.7 Å². The molecule has 142 valence electrons. The average Bonchev–Trinajstić information content (AvgIpc) is 3.43. The van der Waals surface area contributed by atoms with Crippen molar-refractivity contribution in [2.45, 2.75) is 23.0 Å². The van der Waals surface area contributed by atoms with Crippen molar-refractivity contribution in [3.63, 3.8) is 0 Å². The molecular formula is C16H13ClN2O7S. The van der Waals surface area contributed by atoms with E-state index in [1.165, 1.54) is 24.3 Å². The fourth-order valence-electron chi connectivity index (χ4n) is 2.34. The summed E-state index contributed by atoms with van der Waals surface area (Å²) in [6.07, 6.45) is -0.0492. The van der Waals surface area contributed by atoms with Gasteiger partial charge in [-0.15, -0.1) is 0 Å². The highest BCUT2D eigenvalue weighted by atomic mass is 35.5. The monoisotopic (exact) mass is 412 g/mol. The maximum Gasteiger partial charge on any atom is 0.417 e. The van der Waals surface area contributed by atoms with Crippen molar-refractivity contribution in [3.05, 3.63) is 51.5 Å². The molecule has 0 atom stereocenters. The van der Waals surface area contributed by atoms with Gasteiger partial charge in [0.1, 0.15) is 10.6 Å². The van der Waals surface area contributed by atoms with E-state index in [-0.39, 0.29) is 22.1 Å². The number of halogens is 1. The quantitative estimate of drug-likeness (QED) is 0.435. The summed E-state index contributed by atoms with van der Waals surface area (Å²) in [4.78, 5) is 21.6. The molecule has 27 heavy (non-hydrogen) atoms. The molecule has 0 heterocycles. The van der Waals surface area contributed by atoms with Crippen molar-refractivity contribution >= 4 is 38.9 Å². The molecule has 0 aliphatic heterocycles. The lowest BCUT2D eigenvalue weighted by Gasteiger charge is -2.13. The van der Waals surface area contributed by atoms with Gasteiger partial charge >= 0.3 is 6.09 Å². The number of aromatic hydroxyl groups is 1. The number of nitrogens with zero attached hydrogens (tertiary/aromatic N) is 1. The lowest BCUT2D eigenvalue weighted by Crippen LogP contribution is -2.17. The molecule has 3 rings (SSSR count). The minimum atomic E-state index is -3.80. The van der Waals surface area contributed by atoms with Crippen molar-refractivity contribution in [2.75, 3.05) is 5.32 Å². The Balaban J connectivity index is 1.79. The molecular weight excluding hydrogens is 400 g/mol. The first kappa shape index (κ1) is 18.9. The lowest BCUT2D eigenvalue weighted by molar-refractivity contribution is -0.384. The Hall–Kier alpha value is -2.85. The van der Waals surface area contributed by atoms with E-state index in [0.717, 1.165) is 12.1 Å². The predicted octanol–water partition coefficient (Wildman–Crippen LogP) is 3.50. The highest BCUT2D eigenvalue weighted by Gasteiger charge is 2.40. The number of hydrogen-bond donors (Lipinski definition) is 2. The van der Waals surface area contributed by atoms with Crippen LogP contribution >= 0.6 is 11.6 Å². The highest BCUT2D eigenvalue weighted by Crippen LogP contribution is 2.43. The van der Waals surface area contributed by atoms with E-state index in [0.29, 0.717) is 12.8 Å². The third kappa shape index (κ3) is 3.96. The van der Waals surface area contributed by atoms with E-state index >= 15 is 0 Å². The van der Waals surface area contributed by atoms with Crippen LogP contribution in [0.5, 0.6) is 11.5 Å². The molecule has 1 aliphatic rings. The van der Waals surface area contributed by atoms with Crippen molar-refractivity contribution in [1.82, 2.24) is 0 Å². The molecule has 0 bridgehead atoms. The molecule has 9 nitrogen and oxygen atoms in total. The number of benzene rings is 2. The van der Waals surface area contributed by atoms with Crippen LogP contribution in [0.1, 0.15) is 12.8 Å². The van der Waals surface area contributed by atoms with Crippen molar-refractivity contribution < 1.29 is 28.0 Å². The first-order valence-electron chi connectivity index (χ1n) is 7.69. The fourth-order valence-corrected chi connectivity index (χ4v) is 4.63. The second-order valence-electron chi connectivity index (χ2n) is 5.78. The largest absolute Gasteiger partial charge is 0.504 e. The van der Waals surface area contributed by atoms with E-state index in [1.807, 2.05) is 0 Å². The van der Waals surface area contributed by atoms with Crippen LogP contribution in [0.3, 0.4) is 0 Å². The number of nitrogens with one attached hydrogen (secondary N) is 1. The Labute approximate surface area is 158 Å². The summed E-state index contributed by atoms with van der Waals surface area (Å²) in [5.74, 6) is -0.646. The SMILES string of the molecule is O=C(Nc1ccc(Cl)c(S(=O)(=O)C2CC2)c1O)Oc1ccc([N+](=O)[O-])cc1. The van der Waals surface area contributed by atoms with Crippen LogP contribution in [0.15, 0.2) is 41.3 Å².